The quantitative estimate of drug-likeness (QED) is 0.394. The van der Waals surface area contributed by atoms with Crippen molar-refractivity contribution in [3.63, 3.8) is 0 Å². The number of aliphatic hydroxyl groups excluding tert-OH is 1. The molecule has 7 nitrogen and oxygen atoms in total. The minimum Gasteiger partial charge on any atom is -0.435 e. The van der Waals surface area contributed by atoms with E-state index in [-0.39, 0.29) is 11.8 Å². The van der Waals surface area contributed by atoms with Crippen molar-refractivity contribution in [1.29, 1.82) is 0 Å². The predicted molar refractivity (Wildman–Crippen MR) is 111 cm³/mol. The van der Waals surface area contributed by atoms with E-state index in [0.29, 0.717) is 27.9 Å². The van der Waals surface area contributed by atoms with E-state index < -0.39 is 25.4 Å². The second-order valence-corrected chi connectivity index (χ2v) is 7.11. The van der Waals surface area contributed by atoms with E-state index in [1.807, 2.05) is 19.2 Å². The summed E-state index contributed by atoms with van der Waals surface area (Å²) in [5.74, 6) is 0.0549. The number of rotatable bonds is 7. The molecule has 2 N–H and O–H groups in total. The Labute approximate surface area is 186 Å². The molecule has 3 rings (SSSR count). The molecule has 0 saturated carbocycles. The highest BCUT2D eigenvalue weighted by molar-refractivity contribution is 5.93. The van der Waals surface area contributed by atoms with Gasteiger partial charge in [-0.3, -0.25) is 14.5 Å². The molecule has 2 heterocycles. The minimum atomic E-state index is -4.34. The van der Waals surface area contributed by atoms with E-state index in [2.05, 4.69) is 14.8 Å². The van der Waals surface area contributed by atoms with Gasteiger partial charge in [0.25, 0.3) is 0 Å². The number of fused-ring (bicyclic) bond motifs is 1. The zero-order valence-electron chi connectivity index (χ0n) is 18.0. The van der Waals surface area contributed by atoms with E-state index in [0.717, 1.165) is 13.3 Å². The summed E-state index contributed by atoms with van der Waals surface area (Å²) < 4.78 is 65.5. The SMILES string of the molecule is CC(C)n1nc(-c2cccc(OC(F)F)c2)c2ncc(C=O)cc21.CNC(CO)C(F)(F)F. The summed E-state index contributed by atoms with van der Waals surface area (Å²) in [5, 5.41) is 14.5. The lowest BCUT2D eigenvalue weighted by atomic mass is 10.1. The Bertz CT molecular complexity index is 1070. The van der Waals surface area contributed by atoms with Crippen molar-refractivity contribution < 1.29 is 36.6 Å². The molecular weight excluding hydrogens is 451 g/mol. The zero-order chi connectivity index (χ0) is 24.8. The van der Waals surface area contributed by atoms with Crippen LogP contribution in [0.25, 0.3) is 22.3 Å². The molecule has 0 bridgehead atoms. The monoisotopic (exact) mass is 474 g/mol. The van der Waals surface area contributed by atoms with Crippen LogP contribution < -0.4 is 10.1 Å². The topological polar surface area (TPSA) is 89.3 Å². The van der Waals surface area contributed by atoms with E-state index in [1.165, 1.54) is 18.3 Å². The average molecular weight is 474 g/mol. The molecule has 180 valence electrons. The molecule has 3 aromatic rings. The summed E-state index contributed by atoms with van der Waals surface area (Å²) in [7, 11) is 1.15. The Morgan fingerprint density at radius 2 is 1.94 bits per heavy atom. The smallest absolute Gasteiger partial charge is 0.406 e. The molecule has 12 heteroatoms. The Kier molecular flexibility index (Phi) is 8.83. The van der Waals surface area contributed by atoms with Crippen molar-refractivity contribution in [2.75, 3.05) is 13.7 Å². The summed E-state index contributed by atoms with van der Waals surface area (Å²) in [5.41, 5.74) is 2.93. The van der Waals surface area contributed by atoms with Gasteiger partial charge in [-0.05, 0) is 39.1 Å². The van der Waals surface area contributed by atoms with Gasteiger partial charge in [0, 0.05) is 23.4 Å². The molecule has 1 unspecified atom stereocenters. The van der Waals surface area contributed by atoms with E-state index >= 15 is 0 Å². The molecule has 0 aliphatic carbocycles. The van der Waals surface area contributed by atoms with Crippen molar-refractivity contribution in [3.8, 4) is 17.0 Å². The summed E-state index contributed by atoms with van der Waals surface area (Å²) >= 11 is 0. The molecular formula is C21H23F5N4O3. The molecule has 0 saturated heterocycles. The third-order valence-corrected chi connectivity index (χ3v) is 4.45. The molecule has 2 aromatic heterocycles. The van der Waals surface area contributed by atoms with Gasteiger partial charge in [0.05, 0.1) is 12.1 Å². The zero-order valence-corrected chi connectivity index (χ0v) is 18.0. The Morgan fingerprint density at radius 3 is 2.42 bits per heavy atom. The first-order chi connectivity index (χ1) is 15.5. The van der Waals surface area contributed by atoms with Crippen molar-refractivity contribution in [2.45, 2.75) is 38.7 Å². The second-order valence-electron chi connectivity index (χ2n) is 7.11. The molecule has 33 heavy (non-hydrogen) atoms. The van der Waals surface area contributed by atoms with Gasteiger partial charge in [-0.15, -0.1) is 0 Å². The van der Waals surface area contributed by atoms with Crippen LogP contribution in [0.15, 0.2) is 36.5 Å². The van der Waals surface area contributed by atoms with Crippen molar-refractivity contribution >= 4 is 17.3 Å². The third kappa shape index (κ3) is 6.68. The Hall–Kier alpha value is -3.12. The number of aldehydes is 1. The average Bonchev–Trinajstić information content (AvgIpc) is 3.13. The van der Waals surface area contributed by atoms with Gasteiger partial charge < -0.3 is 15.2 Å². The highest BCUT2D eigenvalue weighted by Gasteiger charge is 2.37. The number of carbonyl (C=O) groups is 1. The molecule has 0 aliphatic heterocycles. The van der Waals surface area contributed by atoms with Gasteiger partial charge in [0.2, 0.25) is 0 Å². The van der Waals surface area contributed by atoms with Crippen LogP contribution in [-0.2, 0) is 0 Å². The molecule has 0 spiro atoms. The van der Waals surface area contributed by atoms with E-state index in [1.54, 1.807) is 22.9 Å². The normalized spacial score (nSPS) is 12.6. The van der Waals surface area contributed by atoms with Crippen molar-refractivity contribution in [3.05, 3.63) is 42.1 Å². The highest BCUT2D eigenvalue weighted by atomic mass is 19.4. The van der Waals surface area contributed by atoms with Crippen LogP contribution in [0, 0.1) is 0 Å². The number of hydrogen-bond acceptors (Lipinski definition) is 6. The number of carbonyl (C=O) groups excluding carboxylic acids is 1. The fraction of sp³-hybridized carbons (Fsp3) is 0.381. The maximum Gasteiger partial charge on any atom is 0.406 e. The van der Waals surface area contributed by atoms with Gasteiger partial charge in [0.1, 0.15) is 23.0 Å². The highest BCUT2D eigenvalue weighted by Crippen LogP contribution is 2.31. The van der Waals surface area contributed by atoms with Crippen LogP contribution in [0.2, 0.25) is 0 Å². The molecule has 1 aromatic carbocycles. The van der Waals surface area contributed by atoms with Gasteiger partial charge in [-0.2, -0.15) is 27.1 Å². The maximum atomic E-state index is 12.4. The third-order valence-electron chi connectivity index (χ3n) is 4.45. The fourth-order valence-electron chi connectivity index (χ4n) is 2.87. The first-order valence-electron chi connectivity index (χ1n) is 9.75. The lowest BCUT2D eigenvalue weighted by Crippen LogP contribution is -2.42. The molecule has 1 atom stereocenters. The van der Waals surface area contributed by atoms with Crippen molar-refractivity contribution in [2.24, 2.45) is 0 Å². The lowest BCUT2D eigenvalue weighted by molar-refractivity contribution is -0.162. The second kappa shape index (κ2) is 11.1. The van der Waals surface area contributed by atoms with Crippen LogP contribution in [0.4, 0.5) is 22.0 Å². The number of aliphatic hydroxyl groups is 1. The number of halogens is 5. The lowest BCUT2D eigenvalue weighted by Gasteiger charge is -2.15. The standard InChI is InChI=1S/C17H15F2N3O2.C4H8F3NO/c1-10(2)22-14-6-11(9-23)8-20-16(14)15(21-22)12-4-3-5-13(7-12)24-17(18)19;1-8-3(2-9)4(5,6)7/h3-10,17H,1-2H3;3,8-9H,2H2,1H3. The molecule has 0 amide bonds. The minimum absolute atomic E-state index is 0.0467. The van der Waals surface area contributed by atoms with Crippen molar-refractivity contribution in [1.82, 2.24) is 20.1 Å². The van der Waals surface area contributed by atoms with Crippen LogP contribution >= 0.6 is 0 Å². The number of ether oxygens (including phenoxy) is 1. The van der Waals surface area contributed by atoms with Crippen LogP contribution in [-0.4, -0.2) is 58.6 Å². The molecule has 0 aliphatic rings. The fourth-order valence-corrected chi connectivity index (χ4v) is 2.87. The number of aromatic nitrogens is 3. The van der Waals surface area contributed by atoms with E-state index in [9.17, 15) is 26.7 Å². The number of benzene rings is 1. The largest absolute Gasteiger partial charge is 0.435 e. The summed E-state index contributed by atoms with van der Waals surface area (Å²) in [4.78, 5) is 15.3. The Balaban J connectivity index is 0.000000365. The number of nitrogens with one attached hydrogen (secondary N) is 1. The van der Waals surface area contributed by atoms with Crippen LogP contribution in [0.5, 0.6) is 5.75 Å². The number of pyridine rings is 1. The summed E-state index contributed by atoms with van der Waals surface area (Å²) in [6, 6.07) is 6.28. The van der Waals surface area contributed by atoms with Crippen LogP contribution in [0.1, 0.15) is 30.2 Å². The Morgan fingerprint density at radius 1 is 1.24 bits per heavy atom. The molecule has 0 radical (unpaired) electrons. The maximum absolute atomic E-state index is 12.4. The first-order valence-corrected chi connectivity index (χ1v) is 9.75. The summed E-state index contributed by atoms with van der Waals surface area (Å²) in [6.45, 7) is 0.110. The van der Waals surface area contributed by atoms with Gasteiger partial charge in [0.15, 0.2) is 6.29 Å². The molecule has 0 fully saturated rings. The first kappa shape index (κ1) is 26.1. The van der Waals surface area contributed by atoms with Gasteiger partial charge in [-0.1, -0.05) is 12.1 Å². The number of hydrogen-bond donors (Lipinski definition) is 2. The van der Waals surface area contributed by atoms with Gasteiger partial charge in [-0.25, -0.2) is 0 Å². The number of likely N-dealkylation sites (N-methyl/N-ethyl adjacent to an activating group) is 1. The van der Waals surface area contributed by atoms with Gasteiger partial charge >= 0.3 is 12.8 Å². The van der Waals surface area contributed by atoms with Crippen LogP contribution in [0.3, 0.4) is 0 Å². The predicted octanol–water partition coefficient (Wildman–Crippen LogP) is 4.22. The van der Waals surface area contributed by atoms with E-state index in [4.69, 9.17) is 5.11 Å². The number of nitrogens with zero attached hydrogens (tertiary/aromatic N) is 3. The summed E-state index contributed by atoms with van der Waals surface area (Å²) in [6.07, 6.45) is -2.16. The number of alkyl halides is 5.